The first kappa shape index (κ1) is 12.2. The Balaban J connectivity index is 1.38. The van der Waals surface area contributed by atoms with E-state index >= 15 is 0 Å². The fourth-order valence-electron chi connectivity index (χ4n) is 5.69. The normalized spacial score (nSPS) is 37.9. The third-order valence-corrected chi connectivity index (χ3v) is 6.59. The Labute approximate surface area is 125 Å². The van der Waals surface area contributed by atoms with Crippen molar-refractivity contribution in [2.45, 2.75) is 31.7 Å². The van der Waals surface area contributed by atoms with Crippen molar-refractivity contribution in [3.63, 3.8) is 0 Å². The van der Waals surface area contributed by atoms with E-state index in [1.807, 2.05) is 0 Å². The van der Waals surface area contributed by atoms with Crippen molar-refractivity contribution in [2.24, 2.45) is 42.4 Å². The minimum absolute atomic E-state index is 0.305. The van der Waals surface area contributed by atoms with Crippen LogP contribution in [0.5, 0.6) is 0 Å². The number of fused-ring (bicyclic) bond motifs is 6. The van der Waals surface area contributed by atoms with E-state index in [-0.39, 0.29) is 0 Å². The molecule has 0 saturated heterocycles. The maximum absolute atomic E-state index is 6.59. The first-order valence-corrected chi connectivity index (χ1v) is 8.40. The van der Waals surface area contributed by atoms with Crippen molar-refractivity contribution in [3.05, 3.63) is 30.1 Å². The van der Waals surface area contributed by atoms with Gasteiger partial charge in [0.2, 0.25) is 0 Å². The summed E-state index contributed by atoms with van der Waals surface area (Å²) in [5.41, 5.74) is 8.90. The number of aryl methyl sites for hydroxylation is 1. The van der Waals surface area contributed by atoms with Crippen molar-refractivity contribution in [2.75, 3.05) is 0 Å². The van der Waals surface area contributed by atoms with Gasteiger partial charge in [-0.3, -0.25) is 0 Å². The largest absolute Gasteiger partial charge is 0.331 e. The summed E-state index contributed by atoms with van der Waals surface area (Å²) in [6, 6.07) is 8.68. The molecule has 2 bridgehead atoms. The number of aromatic nitrogens is 2. The average Bonchev–Trinajstić information content (AvgIpc) is 2.77. The fourth-order valence-corrected chi connectivity index (χ4v) is 5.69. The Bertz CT molecular complexity index is 688. The Morgan fingerprint density at radius 2 is 1.95 bits per heavy atom. The van der Waals surface area contributed by atoms with Gasteiger partial charge >= 0.3 is 0 Å². The van der Waals surface area contributed by atoms with E-state index in [0.29, 0.717) is 6.04 Å². The topological polar surface area (TPSA) is 43.8 Å². The second kappa shape index (κ2) is 4.10. The van der Waals surface area contributed by atoms with Crippen LogP contribution in [0.1, 0.15) is 25.1 Å². The van der Waals surface area contributed by atoms with Gasteiger partial charge in [0, 0.05) is 19.5 Å². The van der Waals surface area contributed by atoms with Gasteiger partial charge < -0.3 is 10.3 Å². The molecule has 0 spiro atoms. The minimum Gasteiger partial charge on any atom is -0.331 e. The predicted octanol–water partition coefficient (Wildman–Crippen LogP) is 2.74. The molecular formula is C18H23N3. The van der Waals surface area contributed by atoms with Crippen molar-refractivity contribution in [3.8, 4) is 0 Å². The fraction of sp³-hybridized carbons (Fsp3) is 0.611. The number of nitrogens with zero attached hydrogens (tertiary/aromatic N) is 2. The standard InChI is InChI=1S/C18H23N3/c1-21-14-5-3-2-4-13(14)20-15(21)9-12(19)18-16-10-6-7-11(8-10)17(16)18/h2-5,10-12,16-18H,6-9,19H2,1H3. The van der Waals surface area contributed by atoms with Gasteiger partial charge in [-0.25, -0.2) is 4.98 Å². The first-order valence-electron chi connectivity index (χ1n) is 8.40. The number of nitrogens with two attached hydrogens (primary N) is 1. The molecule has 110 valence electrons. The highest BCUT2D eigenvalue weighted by Gasteiger charge is 2.66. The molecule has 3 aliphatic rings. The summed E-state index contributed by atoms with van der Waals surface area (Å²) >= 11 is 0. The smallest absolute Gasteiger partial charge is 0.111 e. The monoisotopic (exact) mass is 281 g/mol. The molecule has 1 aromatic carbocycles. The molecule has 3 aliphatic carbocycles. The molecule has 5 rings (SSSR count). The van der Waals surface area contributed by atoms with Crippen LogP contribution < -0.4 is 5.73 Å². The summed E-state index contributed by atoms with van der Waals surface area (Å²) in [7, 11) is 2.12. The maximum atomic E-state index is 6.59. The van der Waals surface area contributed by atoms with Gasteiger partial charge in [0.15, 0.2) is 0 Å². The van der Waals surface area contributed by atoms with Crippen molar-refractivity contribution in [1.82, 2.24) is 9.55 Å². The lowest BCUT2D eigenvalue weighted by molar-refractivity contribution is 0.405. The van der Waals surface area contributed by atoms with E-state index in [0.717, 1.165) is 47.4 Å². The van der Waals surface area contributed by atoms with Crippen LogP contribution in [-0.2, 0) is 13.5 Å². The Morgan fingerprint density at radius 3 is 2.67 bits per heavy atom. The summed E-state index contributed by atoms with van der Waals surface area (Å²) in [6.07, 6.45) is 5.38. The molecule has 2 N–H and O–H groups in total. The molecule has 1 heterocycles. The second-order valence-electron chi connectivity index (χ2n) is 7.51. The van der Waals surface area contributed by atoms with Crippen LogP contribution >= 0.6 is 0 Å². The van der Waals surface area contributed by atoms with E-state index < -0.39 is 0 Å². The number of imidazole rings is 1. The molecule has 2 aromatic rings. The predicted molar refractivity (Wildman–Crippen MR) is 83.7 cm³/mol. The van der Waals surface area contributed by atoms with Gasteiger partial charge in [0.25, 0.3) is 0 Å². The van der Waals surface area contributed by atoms with Crippen molar-refractivity contribution < 1.29 is 0 Å². The zero-order valence-electron chi connectivity index (χ0n) is 12.6. The summed E-state index contributed by atoms with van der Waals surface area (Å²) < 4.78 is 2.22. The van der Waals surface area contributed by atoms with E-state index in [2.05, 4.69) is 35.9 Å². The Morgan fingerprint density at radius 1 is 1.24 bits per heavy atom. The van der Waals surface area contributed by atoms with Crippen LogP contribution in [0, 0.1) is 29.6 Å². The second-order valence-corrected chi connectivity index (χ2v) is 7.51. The number of hydrogen-bond acceptors (Lipinski definition) is 2. The van der Waals surface area contributed by atoms with Gasteiger partial charge in [0.05, 0.1) is 11.0 Å². The molecule has 1 aromatic heterocycles. The highest BCUT2D eigenvalue weighted by Crippen LogP contribution is 2.70. The van der Waals surface area contributed by atoms with Crippen molar-refractivity contribution in [1.29, 1.82) is 0 Å². The lowest BCUT2D eigenvalue weighted by Crippen LogP contribution is -2.29. The van der Waals surface area contributed by atoms with Crippen LogP contribution in [0.4, 0.5) is 0 Å². The van der Waals surface area contributed by atoms with E-state index in [1.54, 1.807) is 0 Å². The zero-order valence-corrected chi connectivity index (χ0v) is 12.6. The minimum atomic E-state index is 0.305. The van der Waals surface area contributed by atoms with E-state index in [4.69, 9.17) is 10.7 Å². The maximum Gasteiger partial charge on any atom is 0.111 e. The highest BCUT2D eigenvalue weighted by atomic mass is 15.1. The number of para-hydroxylation sites is 2. The molecule has 0 amide bonds. The Hall–Kier alpha value is -1.35. The lowest BCUT2D eigenvalue weighted by Gasteiger charge is -2.16. The molecule has 5 atom stereocenters. The molecule has 0 aliphatic heterocycles. The van der Waals surface area contributed by atoms with E-state index in [1.165, 1.54) is 24.8 Å². The van der Waals surface area contributed by atoms with Crippen LogP contribution in [-0.4, -0.2) is 15.6 Å². The van der Waals surface area contributed by atoms with E-state index in [9.17, 15) is 0 Å². The summed E-state index contributed by atoms with van der Waals surface area (Å²) in [6.45, 7) is 0. The lowest BCUT2D eigenvalue weighted by atomic mass is 9.96. The third-order valence-electron chi connectivity index (χ3n) is 6.59. The molecular weight excluding hydrogens is 258 g/mol. The number of rotatable bonds is 3. The average molecular weight is 281 g/mol. The van der Waals surface area contributed by atoms with Gasteiger partial charge in [-0.1, -0.05) is 12.1 Å². The van der Waals surface area contributed by atoms with Crippen LogP contribution in [0.3, 0.4) is 0 Å². The van der Waals surface area contributed by atoms with Gasteiger partial charge in [-0.2, -0.15) is 0 Å². The summed E-state index contributed by atoms with van der Waals surface area (Å²) in [4.78, 5) is 4.79. The van der Waals surface area contributed by atoms with Crippen LogP contribution in [0.15, 0.2) is 24.3 Å². The zero-order chi connectivity index (χ0) is 14.1. The quantitative estimate of drug-likeness (QED) is 0.940. The molecule has 3 heteroatoms. The first-order chi connectivity index (χ1) is 10.2. The Kier molecular flexibility index (Phi) is 2.38. The SMILES string of the molecule is Cn1c(CC(N)C2C3C4CCC(C4)C23)nc2ccccc21. The summed E-state index contributed by atoms with van der Waals surface area (Å²) in [5, 5.41) is 0. The molecule has 5 unspecified atom stereocenters. The molecule has 3 nitrogen and oxygen atoms in total. The highest BCUT2D eigenvalue weighted by molar-refractivity contribution is 5.75. The number of benzene rings is 1. The molecule has 3 fully saturated rings. The van der Waals surface area contributed by atoms with Gasteiger partial charge in [0.1, 0.15) is 5.82 Å². The molecule has 3 saturated carbocycles. The van der Waals surface area contributed by atoms with Gasteiger partial charge in [-0.15, -0.1) is 0 Å². The molecule has 21 heavy (non-hydrogen) atoms. The number of hydrogen-bond donors (Lipinski definition) is 1. The summed E-state index contributed by atoms with van der Waals surface area (Å²) in [5.74, 6) is 5.90. The molecule has 0 radical (unpaired) electrons. The third kappa shape index (κ3) is 1.61. The van der Waals surface area contributed by atoms with Gasteiger partial charge in [-0.05, 0) is 61.0 Å². The van der Waals surface area contributed by atoms with Crippen molar-refractivity contribution >= 4 is 11.0 Å². The van der Waals surface area contributed by atoms with Crippen LogP contribution in [0.2, 0.25) is 0 Å². The van der Waals surface area contributed by atoms with Crippen LogP contribution in [0.25, 0.3) is 11.0 Å².